The largest absolute Gasteiger partial charge is 0.480 e. The number of carboxylic acids is 1. The Kier molecular flexibility index (Phi) is 9.41. The molecule has 1 heterocycles. The van der Waals surface area contributed by atoms with Crippen LogP contribution in [0, 0.1) is 11.8 Å². The second-order valence-electron chi connectivity index (χ2n) is 7.46. The van der Waals surface area contributed by atoms with Gasteiger partial charge in [0.15, 0.2) is 0 Å². The Hall–Kier alpha value is -2.12. The van der Waals surface area contributed by atoms with Gasteiger partial charge in [-0.25, -0.2) is 4.79 Å². The highest BCUT2D eigenvalue weighted by molar-refractivity contribution is 5.86. The predicted molar refractivity (Wildman–Crippen MR) is 109 cm³/mol. The van der Waals surface area contributed by atoms with Crippen molar-refractivity contribution < 1.29 is 19.5 Å². The average Bonchev–Trinajstić information content (AvgIpc) is 2.65. The smallest absolute Gasteiger partial charge is 0.326 e. The van der Waals surface area contributed by atoms with Gasteiger partial charge in [-0.15, -0.1) is 12.4 Å². The van der Waals surface area contributed by atoms with Crippen LogP contribution in [0.2, 0.25) is 0 Å². The van der Waals surface area contributed by atoms with Crippen LogP contribution >= 0.6 is 12.4 Å². The number of hydrogen-bond donors (Lipinski definition) is 3. The summed E-state index contributed by atoms with van der Waals surface area (Å²) in [6.45, 7) is 4.43. The minimum atomic E-state index is -1.03. The fourth-order valence-electron chi connectivity index (χ4n) is 3.34. The fraction of sp³-hybridized carbons (Fsp3) is 0.550. The van der Waals surface area contributed by atoms with Crippen LogP contribution in [0.25, 0.3) is 0 Å². The fourth-order valence-corrected chi connectivity index (χ4v) is 3.34. The number of amides is 2. The zero-order chi connectivity index (χ0) is 20.0. The van der Waals surface area contributed by atoms with Crippen molar-refractivity contribution in [3.05, 3.63) is 35.9 Å². The van der Waals surface area contributed by atoms with E-state index < -0.39 is 18.1 Å². The summed E-state index contributed by atoms with van der Waals surface area (Å²) in [6.07, 6.45) is 1.51. The Morgan fingerprint density at radius 2 is 1.75 bits per heavy atom. The van der Waals surface area contributed by atoms with E-state index in [1.165, 1.54) is 0 Å². The van der Waals surface area contributed by atoms with Crippen molar-refractivity contribution in [3.8, 4) is 0 Å². The van der Waals surface area contributed by atoms with Crippen LogP contribution in [-0.2, 0) is 20.8 Å². The summed E-state index contributed by atoms with van der Waals surface area (Å²) in [6, 6.07) is 8.14. The molecule has 28 heavy (non-hydrogen) atoms. The molecule has 0 bridgehead atoms. The van der Waals surface area contributed by atoms with Gasteiger partial charge >= 0.3 is 5.97 Å². The van der Waals surface area contributed by atoms with Crippen molar-refractivity contribution in [1.29, 1.82) is 0 Å². The van der Waals surface area contributed by atoms with E-state index in [-0.39, 0.29) is 36.1 Å². The number of piperidine rings is 1. The SMILES string of the molecule is CC(C)C(NC(=O)C1CCN(C(=O)C(N)Cc2ccccc2)CC1)C(=O)O.Cl. The number of carboxylic acid groups (broad SMARTS) is 1. The van der Waals surface area contributed by atoms with E-state index in [1.54, 1.807) is 18.7 Å². The van der Waals surface area contributed by atoms with Crippen LogP contribution in [-0.4, -0.2) is 53.0 Å². The molecule has 1 aliphatic heterocycles. The highest BCUT2D eigenvalue weighted by atomic mass is 35.5. The number of benzene rings is 1. The maximum atomic E-state index is 12.6. The lowest BCUT2D eigenvalue weighted by Crippen LogP contribution is -2.51. The third kappa shape index (κ3) is 6.49. The summed E-state index contributed by atoms with van der Waals surface area (Å²) in [7, 11) is 0. The van der Waals surface area contributed by atoms with Gasteiger partial charge < -0.3 is 21.1 Å². The van der Waals surface area contributed by atoms with E-state index in [4.69, 9.17) is 5.73 Å². The molecular formula is C20H30ClN3O4. The van der Waals surface area contributed by atoms with E-state index in [2.05, 4.69) is 5.32 Å². The lowest BCUT2D eigenvalue weighted by molar-refractivity contribution is -0.144. The molecule has 7 nitrogen and oxygen atoms in total. The van der Waals surface area contributed by atoms with Crippen LogP contribution in [0.15, 0.2) is 30.3 Å². The minimum absolute atomic E-state index is 0. The molecule has 1 aromatic rings. The number of nitrogens with two attached hydrogens (primary N) is 1. The average molecular weight is 412 g/mol. The summed E-state index contributed by atoms with van der Waals surface area (Å²) in [4.78, 5) is 37.9. The first-order valence-electron chi connectivity index (χ1n) is 9.41. The van der Waals surface area contributed by atoms with Crippen molar-refractivity contribution in [2.24, 2.45) is 17.6 Å². The number of likely N-dealkylation sites (tertiary alicyclic amines) is 1. The van der Waals surface area contributed by atoms with Gasteiger partial charge in [0.25, 0.3) is 0 Å². The number of nitrogens with one attached hydrogen (secondary N) is 1. The molecule has 2 atom stereocenters. The Morgan fingerprint density at radius 3 is 2.25 bits per heavy atom. The van der Waals surface area contributed by atoms with Gasteiger partial charge in [0.1, 0.15) is 6.04 Å². The monoisotopic (exact) mass is 411 g/mol. The Labute approximate surface area is 172 Å². The van der Waals surface area contributed by atoms with Crippen LogP contribution < -0.4 is 11.1 Å². The minimum Gasteiger partial charge on any atom is -0.480 e. The van der Waals surface area contributed by atoms with Gasteiger partial charge in [-0.2, -0.15) is 0 Å². The van der Waals surface area contributed by atoms with Crippen LogP contribution in [0.4, 0.5) is 0 Å². The molecular weight excluding hydrogens is 382 g/mol. The van der Waals surface area contributed by atoms with Crippen LogP contribution in [0.3, 0.4) is 0 Å². The first-order chi connectivity index (χ1) is 12.8. The van der Waals surface area contributed by atoms with Crippen molar-refractivity contribution >= 4 is 30.2 Å². The zero-order valence-corrected chi connectivity index (χ0v) is 17.2. The van der Waals surface area contributed by atoms with E-state index >= 15 is 0 Å². The van der Waals surface area contributed by atoms with Crippen molar-refractivity contribution in [2.45, 2.75) is 45.2 Å². The maximum Gasteiger partial charge on any atom is 0.326 e. The number of aliphatic carboxylic acids is 1. The quantitative estimate of drug-likeness (QED) is 0.628. The molecule has 0 spiro atoms. The van der Waals surface area contributed by atoms with Gasteiger partial charge in [-0.1, -0.05) is 44.2 Å². The lowest BCUT2D eigenvalue weighted by Gasteiger charge is -2.33. The van der Waals surface area contributed by atoms with Gasteiger partial charge in [-0.05, 0) is 30.7 Å². The Balaban J connectivity index is 0.00000392. The summed E-state index contributed by atoms with van der Waals surface area (Å²) in [5, 5.41) is 11.8. The van der Waals surface area contributed by atoms with Crippen LogP contribution in [0.5, 0.6) is 0 Å². The van der Waals surface area contributed by atoms with E-state index in [1.807, 2.05) is 30.3 Å². The van der Waals surface area contributed by atoms with Gasteiger partial charge in [-0.3, -0.25) is 9.59 Å². The standard InChI is InChI=1S/C20H29N3O4.ClH/c1-13(2)17(20(26)27)22-18(24)15-8-10-23(11-9-15)19(25)16(21)12-14-6-4-3-5-7-14;/h3-7,13,15-17H,8-12,21H2,1-2H3,(H,22,24)(H,26,27);1H. The Bertz CT molecular complexity index is 661. The molecule has 1 aliphatic rings. The molecule has 0 saturated carbocycles. The van der Waals surface area contributed by atoms with E-state index in [0.29, 0.717) is 32.4 Å². The summed E-state index contributed by atoms with van der Waals surface area (Å²) < 4.78 is 0. The third-order valence-electron chi connectivity index (χ3n) is 5.02. The normalized spacial score (nSPS) is 16.8. The van der Waals surface area contributed by atoms with Gasteiger partial charge in [0.05, 0.1) is 6.04 Å². The van der Waals surface area contributed by atoms with Crippen molar-refractivity contribution in [2.75, 3.05) is 13.1 Å². The van der Waals surface area contributed by atoms with Crippen molar-refractivity contribution in [3.63, 3.8) is 0 Å². The molecule has 4 N–H and O–H groups in total. The van der Waals surface area contributed by atoms with E-state index in [0.717, 1.165) is 5.56 Å². The van der Waals surface area contributed by atoms with Gasteiger partial charge in [0, 0.05) is 19.0 Å². The highest BCUT2D eigenvalue weighted by Crippen LogP contribution is 2.19. The number of carbonyl (C=O) groups is 3. The third-order valence-corrected chi connectivity index (χ3v) is 5.02. The highest BCUT2D eigenvalue weighted by Gasteiger charge is 2.32. The summed E-state index contributed by atoms with van der Waals surface area (Å²) >= 11 is 0. The topological polar surface area (TPSA) is 113 Å². The van der Waals surface area contributed by atoms with Crippen LogP contribution in [0.1, 0.15) is 32.3 Å². The molecule has 1 saturated heterocycles. The predicted octanol–water partition coefficient (Wildman–Crippen LogP) is 1.44. The Morgan fingerprint density at radius 1 is 1.18 bits per heavy atom. The molecule has 0 radical (unpaired) electrons. The number of nitrogens with zero attached hydrogens (tertiary/aromatic N) is 1. The zero-order valence-electron chi connectivity index (χ0n) is 16.3. The molecule has 1 aromatic carbocycles. The number of rotatable bonds is 7. The summed E-state index contributed by atoms with van der Waals surface area (Å²) in [5.41, 5.74) is 7.09. The summed E-state index contributed by atoms with van der Waals surface area (Å²) in [5.74, 6) is -1.86. The number of carbonyl (C=O) groups excluding carboxylic acids is 2. The second kappa shape index (κ2) is 11.0. The molecule has 2 unspecified atom stereocenters. The lowest BCUT2D eigenvalue weighted by atomic mass is 9.94. The number of halogens is 1. The molecule has 156 valence electrons. The molecule has 0 aromatic heterocycles. The van der Waals surface area contributed by atoms with Crippen molar-refractivity contribution in [1.82, 2.24) is 10.2 Å². The molecule has 1 fully saturated rings. The molecule has 0 aliphatic carbocycles. The second-order valence-corrected chi connectivity index (χ2v) is 7.46. The molecule has 2 rings (SSSR count). The first-order valence-corrected chi connectivity index (χ1v) is 9.41. The number of hydrogen-bond acceptors (Lipinski definition) is 4. The van der Waals surface area contributed by atoms with Gasteiger partial charge in [0.2, 0.25) is 11.8 Å². The van der Waals surface area contributed by atoms with E-state index in [9.17, 15) is 19.5 Å². The molecule has 8 heteroatoms. The molecule has 2 amide bonds. The first kappa shape index (κ1) is 23.9. The maximum absolute atomic E-state index is 12.6.